The standard InChI is InChI=1S/C30H38N4O3/c1-23-28(30(36)34(31(23)2)26-16-10-5-11-17-26)20-32-18-27(37-22-24-12-6-3-7-13-24)19-33(29(35)21-32)25-14-8-4-9-15-25/h3,5-7,10-13,16-17,25,27H,4,8-9,14-15,18-22H2,1-2H3/t27-/m0/s1. The van der Waals surface area contributed by atoms with E-state index >= 15 is 0 Å². The van der Waals surface area contributed by atoms with Crippen molar-refractivity contribution < 1.29 is 9.53 Å². The van der Waals surface area contributed by atoms with Crippen molar-refractivity contribution in [3.63, 3.8) is 0 Å². The lowest BCUT2D eigenvalue weighted by Crippen LogP contribution is -2.45. The fourth-order valence-corrected chi connectivity index (χ4v) is 5.80. The molecule has 0 spiro atoms. The molecule has 2 aliphatic rings. The van der Waals surface area contributed by atoms with Crippen LogP contribution in [0.1, 0.15) is 48.9 Å². The van der Waals surface area contributed by atoms with Gasteiger partial charge in [-0.2, -0.15) is 0 Å². The maximum Gasteiger partial charge on any atom is 0.276 e. The quantitative estimate of drug-likeness (QED) is 0.489. The van der Waals surface area contributed by atoms with E-state index in [-0.39, 0.29) is 23.6 Å². The lowest BCUT2D eigenvalue weighted by Gasteiger charge is -2.35. The normalized spacial score (nSPS) is 19.8. The van der Waals surface area contributed by atoms with Gasteiger partial charge >= 0.3 is 0 Å². The number of rotatable bonds is 7. The molecule has 196 valence electrons. The summed E-state index contributed by atoms with van der Waals surface area (Å²) in [6, 6.07) is 20.2. The molecule has 2 aromatic carbocycles. The van der Waals surface area contributed by atoms with Crippen molar-refractivity contribution in [1.29, 1.82) is 0 Å². The lowest BCUT2D eigenvalue weighted by atomic mass is 9.94. The predicted octanol–water partition coefficient (Wildman–Crippen LogP) is 4.05. The molecule has 1 atom stereocenters. The van der Waals surface area contributed by atoms with E-state index in [0.717, 1.165) is 35.3 Å². The van der Waals surface area contributed by atoms with Crippen LogP contribution in [-0.2, 0) is 29.7 Å². The zero-order valence-corrected chi connectivity index (χ0v) is 22.0. The number of carbonyl (C=O) groups excluding carboxylic acids is 1. The average Bonchev–Trinajstić information content (AvgIpc) is 3.04. The Morgan fingerprint density at radius 3 is 2.27 bits per heavy atom. The number of ether oxygens (including phenoxy) is 1. The van der Waals surface area contributed by atoms with E-state index < -0.39 is 0 Å². The number of para-hydroxylation sites is 1. The first-order chi connectivity index (χ1) is 18.0. The third-order valence-corrected chi connectivity index (χ3v) is 7.94. The number of hydrogen-bond acceptors (Lipinski definition) is 4. The molecule has 5 rings (SSSR count). The lowest BCUT2D eigenvalue weighted by molar-refractivity contribution is -0.135. The Balaban J connectivity index is 1.39. The molecular weight excluding hydrogens is 464 g/mol. The van der Waals surface area contributed by atoms with Crippen LogP contribution >= 0.6 is 0 Å². The van der Waals surface area contributed by atoms with Gasteiger partial charge < -0.3 is 9.64 Å². The summed E-state index contributed by atoms with van der Waals surface area (Å²) < 4.78 is 10.0. The topological polar surface area (TPSA) is 59.7 Å². The minimum absolute atomic E-state index is 0.0335. The van der Waals surface area contributed by atoms with Crippen molar-refractivity contribution in [1.82, 2.24) is 19.2 Å². The second-order valence-electron chi connectivity index (χ2n) is 10.5. The van der Waals surface area contributed by atoms with Gasteiger partial charge in [-0.05, 0) is 37.5 Å². The van der Waals surface area contributed by atoms with Crippen molar-refractivity contribution in [2.45, 2.75) is 64.3 Å². The number of benzene rings is 2. The minimum atomic E-state index is -0.117. The smallest absolute Gasteiger partial charge is 0.276 e. The molecule has 1 aliphatic heterocycles. The average molecular weight is 503 g/mol. The Morgan fingerprint density at radius 2 is 1.57 bits per heavy atom. The van der Waals surface area contributed by atoms with Gasteiger partial charge in [0.1, 0.15) is 0 Å². The summed E-state index contributed by atoms with van der Waals surface area (Å²) in [7, 11) is 1.91. The van der Waals surface area contributed by atoms with Gasteiger partial charge in [0.2, 0.25) is 5.91 Å². The highest BCUT2D eigenvalue weighted by molar-refractivity contribution is 5.79. The molecule has 37 heavy (non-hydrogen) atoms. The molecule has 1 aromatic heterocycles. The van der Waals surface area contributed by atoms with Gasteiger partial charge in [0.05, 0.1) is 30.5 Å². The molecule has 0 N–H and O–H groups in total. The third kappa shape index (κ3) is 5.73. The second-order valence-corrected chi connectivity index (χ2v) is 10.5. The maximum absolute atomic E-state index is 13.5. The van der Waals surface area contributed by atoms with Crippen LogP contribution in [0.15, 0.2) is 65.5 Å². The van der Waals surface area contributed by atoms with Crippen molar-refractivity contribution in [3.8, 4) is 5.69 Å². The van der Waals surface area contributed by atoms with Crippen molar-refractivity contribution in [2.75, 3.05) is 19.6 Å². The fraction of sp³-hybridized carbons (Fsp3) is 0.467. The monoisotopic (exact) mass is 502 g/mol. The summed E-state index contributed by atoms with van der Waals surface area (Å²) in [5, 5.41) is 0. The van der Waals surface area contributed by atoms with E-state index in [1.54, 1.807) is 4.68 Å². The Hall–Kier alpha value is -3.16. The van der Waals surface area contributed by atoms with Gasteiger partial charge in [-0.1, -0.05) is 67.8 Å². The SMILES string of the molecule is Cc1c(CN2CC(=O)N(C3CCCCC3)C[C@@H](OCc3ccccc3)C2)c(=O)n(-c2ccccc2)n1C. The van der Waals surface area contributed by atoms with Crippen LogP contribution in [0.5, 0.6) is 0 Å². The number of aromatic nitrogens is 2. The van der Waals surface area contributed by atoms with Crippen molar-refractivity contribution in [2.24, 2.45) is 7.05 Å². The molecule has 0 bridgehead atoms. The van der Waals surface area contributed by atoms with E-state index in [1.165, 1.54) is 19.3 Å². The molecule has 3 aromatic rings. The summed E-state index contributed by atoms with van der Waals surface area (Å²) in [5.41, 5.74) is 3.57. The van der Waals surface area contributed by atoms with Gasteiger partial charge in [0.15, 0.2) is 0 Å². The summed E-state index contributed by atoms with van der Waals surface area (Å²) >= 11 is 0. The Bertz CT molecular complexity index is 1250. The summed E-state index contributed by atoms with van der Waals surface area (Å²) in [5.74, 6) is 0.148. The first kappa shape index (κ1) is 25.5. The number of nitrogens with zero attached hydrogens (tertiary/aromatic N) is 4. The molecule has 1 amide bonds. The van der Waals surface area contributed by atoms with Gasteiger partial charge in [-0.25, -0.2) is 4.68 Å². The first-order valence-corrected chi connectivity index (χ1v) is 13.5. The van der Waals surface area contributed by atoms with Crippen LogP contribution in [0.4, 0.5) is 0 Å². The molecule has 1 aliphatic carbocycles. The molecule has 2 fully saturated rings. The van der Waals surface area contributed by atoms with Crippen LogP contribution in [0.3, 0.4) is 0 Å². The van der Waals surface area contributed by atoms with E-state index in [2.05, 4.69) is 21.9 Å². The molecule has 2 heterocycles. The molecule has 1 saturated carbocycles. The first-order valence-electron chi connectivity index (χ1n) is 13.5. The fourth-order valence-electron chi connectivity index (χ4n) is 5.80. The highest BCUT2D eigenvalue weighted by Crippen LogP contribution is 2.25. The van der Waals surface area contributed by atoms with Gasteiger partial charge in [-0.15, -0.1) is 0 Å². The zero-order valence-electron chi connectivity index (χ0n) is 22.0. The van der Waals surface area contributed by atoms with Crippen LogP contribution in [0, 0.1) is 6.92 Å². The molecule has 0 unspecified atom stereocenters. The van der Waals surface area contributed by atoms with Gasteiger partial charge in [0.25, 0.3) is 5.56 Å². The molecule has 7 heteroatoms. The van der Waals surface area contributed by atoms with E-state index in [9.17, 15) is 9.59 Å². The minimum Gasteiger partial charge on any atom is -0.370 e. The number of carbonyl (C=O) groups is 1. The van der Waals surface area contributed by atoms with Crippen molar-refractivity contribution >= 4 is 5.91 Å². The van der Waals surface area contributed by atoms with Crippen LogP contribution in [-0.4, -0.2) is 56.9 Å². The zero-order chi connectivity index (χ0) is 25.8. The molecule has 7 nitrogen and oxygen atoms in total. The van der Waals surface area contributed by atoms with E-state index in [4.69, 9.17) is 4.74 Å². The Labute approximate surface area is 219 Å². The molecular formula is C30H38N4O3. The summed E-state index contributed by atoms with van der Waals surface area (Å²) in [6.45, 7) is 4.44. The van der Waals surface area contributed by atoms with Gasteiger partial charge in [0, 0.05) is 38.4 Å². The maximum atomic E-state index is 13.5. The largest absolute Gasteiger partial charge is 0.370 e. The number of amides is 1. The Kier molecular flexibility index (Phi) is 7.91. The van der Waals surface area contributed by atoms with Crippen LogP contribution in [0.25, 0.3) is 5.69 Å². The third-order valence-electron chi connectivity index (χ3n) is 7.94. The van der Waals surface area contributed by atoms with E-state index in [0.29, 0.717) is 32.8 Å². The Morgan fingerprint density at radius 1 is 0.892 bits per heavy atom. The highest BCUT2D eigenvalue weighted by Gasteiger charge is 2.34. The van der Waals surface area contributed by atoms with Gasteiger partial charge in [-0.3, -0.25) is 19.2 Å². The summed E-state index contributed by atoms with van der Waals surface area (Å²) in [6.07, 6.45) is 5.62. The molecule has 0 radical (unpaired) electrons. The van der Waals surface area contributed by atoms with E-state index in [1.807, 2.05) is 67.2 Å². The van der Waals surface area contributed by atoms with Crippen LogP contribution in [0.2, 0.25) is 0 Å². The highest BCUT2D eigenvalue weighted by atomic mass is 16.5. The van der Waals surface area contributed by atoms with Crippen LogP contribution < -0.4 is 5.56 Å². The molecule has 1 saturated heterocycles. The number of hydrogen-bond donors (Lipinski definition) is 0. The summed E-state index contributed by atoms with van der Waals surface area (Å²) in [4.78, 5) is 31.3. The van der Waals surface area contributed by atoms with Crippen molar-refractivity contribution in [3.05, 3.63) is 87.8 Å². The second kappa shape index (κ2) is 11.5. The predicted molar refractivity (Wildman–Crippen MR) is 145 cm³/mol.